The minimum atomic E-state index is -0.764. The fourth-order valence-corrected chi connectivity index (χ4v) is 9.22. The van der Waals surface area contributed by atoms with E-state index >= 15 is 0 Å². The number of ether oxygens (including phenoxy) is 3. The molecule has 0 saturated heterocycles. The lowest BCUT2D eigenvalue weighted by Gasteiger charge is -2.18. The zero-order valence-corrected chi connectivity index (χ0v) is 47.1. The van der Waals surface area contributed by atoms with Gasteiger partial charge in [-0.25, -0.2) is 0 Å². The molecule has 0 aromatic rings. The first kappa shape index (κ1) is 67.6. The predicted octanol–water partition coefficient (Wildman–Crippen LogP) is 20.8. The van der Waals surface area contributed by atoms with E-state index in [1.165, 1.54) is 225 Å². The summed E-state index contributed by atoms with van der Waals surface area (Å²) in [5, 5.41) is 0. The van der Waals surface area contributed by atoms with Crippen molar-refractivity contribution >= 4 is 17.9 Å². The highest BCUT2D eigenvalue weighted by Crippen LogP contribution is 2.17. The van der Waals surface area contributed by atoms with Gasteiger partial charge in [0, 0.05) is 19.3 Å². The van der Waals surface area contributed by atoms with E-state index in [1.54, 1.807) is 0 Å². The maximum atomic E-state index is 12.8. The van der Waals surface area contributed by atoms with Crippen LogP contribution in [0.4, 0.5) is 0 Å². The number of carbonyl (C=O) groups excluding carboxylic acids is 3. The Morgan fingerprint density at radius 1 is 0.286 bits per heavy atom. The van der Waals surface area contributed by atoms with Crippen LogP contribution in [0.15, 0.2) is 36.5 Å². The van der Waals surface area contributed by atoms with Gasteiger partial charge in [-0.05, 0) is 57.8 Å². The standard InChI is InChI=1S/C64H118O6/c1-4-7-10-13-16-18-20-22-24-25-26-27-28-29-30-31-32-33-34-35-36-37-38-39-41-42-44-46-48-51-54-57-63(66)69-60-61(59-68-62(65)56-53-50-15-12-9-6-3)70-64(67)58-55-52-49-47-45-43-40-23-21-19-17-14-11-8-5-2/h20,22,25-26,28-29,61H,4-19,21,23-24,27,30-60H2,1-3H3/b22-20-,26-25-,29-28-. The van der Waals surface area contributed by atoms with E-state index in [4.69, 9.17) is 14.2 Å². The van der Waals surface area contributed by atoms with Gasteiger partial charge in [-0.15, -0.1) is 0 Å². The molecule has 0 aromatic carbocycles. The molecule has 0 aliphatic heterocycles. The van der Waals surface area contributed by atoms with Gasteiger partial charge in [0.15, 0.2) is 6.10 Å². The SMILES string of the molecule is CCCCCCC/C=C\C/C=C\C/C=C\CCCCCCCCCCCCCCCCCCC(=O)OCC(COC(=O)CCCCCCCC)OC(=O)CCCCCCCCCCCCCCCCC. The third kappa shape index (κ3) is 56.5. The molecule has 0 fully saturated rings. The monoisotopic (exact) mass is 983 g/mol. The second-order valence-corrected chi connectivity index (χ2v) is 21.0. The largest absolute Gasteiger partial charge is 0.462 e. The number of carbonyl (C=O) groups is 3. The van der Waals surface area contributed by atoms with Crippen LogP contribution in [0.1, 0.15) is 335 Å². The van der Waals surface area contributed by atoms with Crippen molar-refractivity contribution in [1.29, 1.82) is 0 Å². The van der Waals surface area contributed by atoms with Crippen molar-refractivity contribution in [3.63, 3.8) is 0 Å². The fourth-order valence-electron chi connectivity index (χ4n) is 9.22. The smallest absolute Gasteiger partial charge is 0.306 e. The second-order valence-electron chi connectivity index (χ2n) is 21.0. The normalized spacial score (nSPS) is 12.2. The van der Waals surface area contributed by atoms with Crippen LogP contribution in [0.25, 0.3) is 0 Å². The number of hydrogen-bond acceptors (Lipinski definition) is 6. The predicted molar refractivity (Wildman–Crippen MR) is 302 cm³/mol. The summed E-state index contributed by atoms with van der Waals surface area (Å²) in [5.74, 6) is -0.858. The summed E-state index contributed by atoms with van der Waals surface area (Å²) in [6.45, 7) is 6.61. The number of allylic oxidation sites excluding steroid dienone is 6. The Balaban J connectivity index is 3.97. The van der Waals surface area contributed by atoms with Crippen molar-refractivity contribution in [3.8, 4) is 0 Å². The Bertz CT molecular complexity index is 1170. The summed E-state index contributed by atoms with van der Waals surface area (Å²) in [4.78, 5) is 37.9. The van der Waals surface area contributed by atoms with E-state index in [1.807, 2.05) is 0 Å². The maximum absolute atomic E-state index is 12.8. The Labute approximate surface area is 435 Å². The summed E-state index contributed by atoms with van der Waals surface area (Å²) >= 11 is 0. The molecule has 0 saturated carbocycles. The fraction of sp³-hybridized carbons (Fsp3) is 0.859. The van der Waals surface area contributed by atoms with Gasteiger partial charge in [-0.1, -0.05) is 295 Å². The van der Waals surface area contributed by atoms with Crippen molar-refractivity contribution in [2.75, 3.05) is 13.2 Å². The van der Waals surface area contributed by atoms with Crippen LogP contribution in [-0.4, -0.2) is 37.2 Å². The second kappa shape index (κ2) is 59.2. The van der Waals surface area contributed by atoms with Crippen molar-refractivity contribution in [3.05, 3.63) is 36.5 Å². The lowest BCUT2D eigenvalue weighted by atomic mass is 10.0. The van der Waals surface area contributed by atoms with E-state index in [9.17, 15) is 14.4 Å². The van der Waals surface area contributed by atoms with Gasteiger partial charge in [0.2, 0.25) is 0 Å². The molecule has 1 atom stereocenters. The maximum Gasteiger partial charge on any atom is 0.306 e. The lowest BCUT2D eigenvalue weighted by Crippen LogP contribution is -2.30. The quantitative estimate of drug-likeness (QED) is 0.0261. The molecule has 0 radical (unpaired) electrons. The summed E-state index contributed by atoms with van der Waals surface area (Å²) in [7, 11) is 0. The molecule has 0 bridgehead atoms. The highest BCUT2D eigenvalue weighted by molar-refractivity contribution is 5.71. The molecule has 0 spiro atoms. The van der Waals surface area contributed by atoms with Crippen LogP contribution in [0.3, 0.4) is 0 Å². The minimum absolute atomic E-state index is 0.0669. The van der Waals surface area contributed by atoms with Crippen LogP contribution in [0.2, 0.25) is 0 Å². The molecule has 0 aliphatic rings. The van der Waals surface area contributed by atoms with Gasteiger partial charge in [0.1, 0.15) is 13.2 Å². The van der Waals surface area contributed by atoms with Crippen molar-refractivity contribution in [2.24, 2.45) is 0 Å². The first-order valence-corrected chi connectivity index (χ1v) is 31.0. The summed E-state index contributed by atoms with van der Waals surface area (Å²) < 4.78 is 16.8. The minimum Gasteiger partial charge on any atom is -0.462 e. The summed E-state index contributed by atoms with van der Waals surface area (Å²) in [6, 6.07) is 0. The molecule has 410 valence electrons. The van der Waals surface area contributed by atoms with Crippen molar-refractivity contribution in [2.45, 2.75) is 341 Å². The Morgan fingerprint density at radius 3 is 0.800 bits per heavy atom. The zero-order valence-electron chi connectivity index (χ0n) is 47.1. The summed E-state index contributed by atoms with van der Waals surface area (Å²) in [6.07, 6.45) is 71.9. The number of unbranched alkanes of at least 4 members (excludes halogenated alkanes) is 40. The molecule has 70 heavy (non-hydrogen) atoms. The lowest BCUT2D eigenvalue weighted by molar-refractivity contribution is -0.167. The summed E-state index contributed by atoms with van der Waals surface area (Å²) in [5.41, 5.74) is 0. The van der Waals surface area contributed by atoms with E-state index in [2.05, 4.69) is 57.2 Å². The van der Waals surface area contributed by atoms with Gasteiger partial charge in [-0.3, -0.25) is 14.4 Å². The number of esters is 3. The number of hydrogen-bond donors (Lipinski definition) is 0. The van der Waals surface area contributed by atoms with Gasteiger partial charge < -0.3 is 14.2 Å². The molecule has 0 N–H and O–H groups in total. The highest BCUT2D eigenvalue weighted by Gasteiger charge is 2.19. The molecular weight excluding hydrogens is 865 g/mol. The third-order valence-electron chi connectivity index (χ3n) is 13.9. The molecule has 0 heterocycles. The Hall–Kier alpha value is -2.37. The zero-order chi connectivity index (χ0) is 50.7. The molecular formula is C64H118O6. The average Bonchev–Trinajstić information content (AvgIpc) is 3.36. The first-order valence-electron chi connectivity index (χ1n) is 31.0. The molecule has 0 amide bonds. The third-order valence-corrected chi connectivity index (χ3v) is 13.9. The van der Waals surface area contributed by atoms with Gasteiger partial charge in [0.05, 0.1) is 0 Å². The van der Waals surface area contributed by atoms with E-state index in [-0.39, 0.29) is 31.1 Å². The molecule has 6 heteroatoms. The molecule has 0 rings (SSSR count). The Kier molecular flexibility index (Phi) is 57.2. The number of rotatable bonds is 57. The molecule has 0 aliphatic carbocycles. The van der Waals surface area contributed by atoms with Crippen LogP contribution in [-0.2, 0) is 28.6 Å². The van der Waals surface area contributed by atoms with Crippen molar-refractivity contribution < 1.29 is 28.6 Å². The van der Waals surface area contributed by atoms with Crippen molar-refractivity contribution in [1.82, 2.24) is 0 Å². The molecule has 0 aromatic heterocycles. The topological polar surface area (TPSA) is 78.9 Å². The highest BCUT2D eigenvalue weighted by atomic mass is 16.6. The molecule has 6 nitrogen and oxygen atoms in total. The van der Waals surface area contributed by atoms with Crippen LogP contribution in [0.5, 0.6) is 0 Å². The van der Waals surface area contributed by atoms with Crippen LogP contribution >= 0.6 is 0 Å². The average molecular weight is 984 g/mol. The van der Waals surface area contributed by atoms with E-state index < -0.39 is 6.10 Å². The Morgan fingerprint density at radius 2 is 0.514 bits per heavy atom. The first-order chi connectivity index (χ1) is 34.5. The van der Waals surface area contributed by atoms with E-state index in [0.29, 0.717) is 19.3 Å². The van der Waals surface area contributed by atoms with Crippen LogP contribution in [0, 0.1) is 0 Å². The van der Waals surface area contributed by atoms with E-state index in [0.717, 1.165) is 70.6 Å². The van der Waals surface area contributed by atoms with Gasteiger partial charge in [0.25, 0.3) is 0 Å². The van der Waals surface area contributed by atoms with Gasteiger partial charge in [-0.2, -0.15) is 0 Å². The van der Waals surface area contributed by atoms with Gasteiger partial charge >= 0.3 is 17.9 Å². The molecule has 1 unspecified atom stereocenters. The van der Waals surface area contributed by atoms with Crippen LogP contribution < -0.4 is 0 Å².